The number of rotatable bonds is 5. The molecule has 0 saturated heterocycles. The van der Waals surface area contributed by atoms with Gasteiger partial charge in [-0.1, -0.05) is 36.6 Å². The van der Waals surface area contributed by atoms with Gasteiger partial charge in [-0.3, -0.25) is 14.6 Å². The molecule has 3 N–H and O–H groups in total. The molecule has 4 aromatic rings. The van der Waals surface area contributed by atoms with E-state index in [9.17, 15) is 9.59 Å². The number of hydrogen-bond acceptors (Lipinski definition) is 3. The van der Waals surface area contributed by atoms with Gasteiger partial charge in [-0.15, -0.1) is 0 Å². The third kappa shape index (κ3) is 4.82. The molecule has 0 bridgehead atoms. The summed E-state index contributed by atoms with van der Waals surface area (Å²) in [6, 6.07) is 18.4. The first kappa shape index (κ1) is 22.2. The highest BCUT2D eigenvalue weighted by molar-refractivity contribution is 6.31. The second kappa shape index (κ2) is 9.69. The summed E-state index contributed by atoms with van der Waals surface area (Å²) in [5.41, 5.74) is 4.02. The number of nitrogens with one attached hydrogen (secondary N) is 3. The lowest BCUT2D eigenvalue weighted by molar-refractivity contribution is 0.0860. The second-order valence-corrected chi connectivity index (χ2v) is 9.11. The smallest absolute Gasteiger partial charge is 0.268 e. The summed E-state index contributed by atoms with van der Waals surface area (Å²) < 4.78 is 0. The van der Waals surface area contributed by atoms with E-state index in [1.165, 1.54) is 0 Å². The molecule has 0 radical (unpaired) electrons. The lowest BCUT2D eigenvalue weighted by Crippen LogP contribution is -2.53. The van der Waals surface area contributed by atoms with Gasteiger partial charge in [0.1, 0.15) is 5.69 Å². The van der Waals surface area contributed by atoms with E-state index in [0.29, 0.717) is 16.3 Å². The normalized spacial score (nSPS) is 17.9. The molecule has 1 aliphatic carbocycles. The molecule has 0 spiro atoms. The summed E-state index contributed by atoms with van der Waals surface area (Å²) in [5.74, 6) is -0.312. The van der Waals surface area contributed by atoms with Gasteiger partial charge in [0, 0.05) is 46.0 Å². The first-order valence-electron chi connectivity index (χ1n) is 11.5. The number of halogens is 1. The summed E-state index contributed by atoms with van der Waals surface area (Å²) >= 11 is 6.06. The van der Waals surface area contributed by atoms with Crippen LogP contribution in [0.4, 0.5) is 0 Å². The number of carbonyl (C=O) groups is 2. The molecule has 1 saturated carbocycles. The topological polar surface area (TPSA) is 86.9 Å². The van der Waals surface area contributed by atoms with Crippen molar-refractivity contribution in [2.45, 2.75) is 37.8 Å². The van der Waals surface area contributed by atoms with Gasteiger partial charge in [0.2, 0.25) is 0 Å². The Morgan fingerprint density at radius 3 is 2.18 bits per heavy atom. The summed E-state index contributed by atoms with van der Waals surface area (Å²) in [7, 11) is 0. The maximum atomic E-state index is 13.0. The van der Waals surface area contributed by atoms with E-state index in [1.54, 1.807) is 24.5 Å². The summed E-state index contributed by atoms with van der Waals surface area (Å²) in [6.45, 7) is 0. The van der Waals surface area contributed by atoms with Gasteiger partial charge < -0.3 is 15.6 Å². The fraction of sp³-hybridized carbons (Fsp3) is 0.222. The third-order valence-corrected chi connectivity index (χ3v) is 6.62. The van der Waals surface area contributed by atoms with E-state index in [0.717, 1.165) is 47.7 Å². The minimum Gasteiger partial charge on any atom is -0.351 e. The Bertz CT molecular complexity index is 1320. The summed E-state index contributed by atoms with van der Waals surface area (Å²) in [4.78, 5) is 33.1. The molecular weight excluding hydrogens is 448 g/mol. The molecule has 7 heteroatoms. The predicted molar refractivity (Wildman–Crippen MR) is 134 cm³/mol. The number of carbonyl (C=O) groups excluding carboxylic acids is 2. The van der Waals surface area contributed by atoms with E-state index in [1.807, 2.05) is 48.5 Å². The van der Waals surface area contributed by atoms with Crippen LogP contribution in [0.5, 0.6) is 0 Å². The third-order valence-electron chi connectivity index (χ3n) is 6.39. The predicted octanol–water partition coefficient (Wildman–Crippen LogP) is 5.35. The molecule has 2 aromatic heterocycles. The van der Waals surface area contributed by atoms with Crippen LogP contribution in [0.1, 0.15) is 46.5 Å². The molecule has 2 aromatic carbocycles. The van der Waals surface area contributed by atoms with Gasteiger partial charge in [0.05, 0.1) is 0 Å². The molecule has 2 heterocycles. The number of aromatic amines is 1. The average molecular weight is 473 g/mol. The van der Waals surface area contributed by atoms with Crippen molar-refractivity contribution in [3.8, 4) is 11.1 Å². The SMILES string of the molecule is O=C(N[C@H]1CCCC[C@H]1NC(=O)c1cc2cc(Cl)ccc2[nH]1)c1ccc(-c2ccncc2)cc1. The fourth-order valence-electron chi connectivity index (χ4n) is 4.56. The standard InChI is InChI=1S/C27H25ClN4O2/c28-21-9-10-22-20(15-21)16-25(30-22)27(34)32-24-4-2-1-3-23(24)31-26(33)19-7-5-17(6-8-19)18-11-13-29-14-12-18/h5-16,23-24,30H,1-4H2,(H,31,33)(H,32,34)/t23-,24+/m0/s1. The zero-order chi connectivity index (χ0) is 23.5. The van der Waals surface area contributed by atoms with E-state index >= 15 is 0 Å². The van der Waals surface area contributed by atoms with E-state index in [4.69, 9.17) is 11.6 Å². The van der Waals surface area contributed by atoms with Crippen molar-refractivity contribution in [2.75, 3.05) is 0 Å². The minimum atomic E-state index is -0.180. The largest absolute Gasteiger partial charge is 0.351 e. The number of aromatic nitrogens is 2. The highest BCUT2D eigenvalue weighted by Crippen LogP contribution is 2.23. The van der Waals surface area contributed by atoms with E-state index in [2.05, 4.69) is 20.6 Å². The van der Waals surface area contributed by atoms with Crippen molar-refractivity contribution in [3.63, 3.8) is 0 Å². The van der Waals surface area contributed by atoms with Gasteiger partial charge in [0.15, 0.2) is 0 Å². The van der Waals surface area contributed by atoms with Crippen LogP contribution < -0.4 is 10.6 Å². The van der Waals surface area contributed by atoms with Crippen molar-refractivity contribution >= 4 is 34.3 Å². The molecule has 5 rings (SSSR count). The Labute approximate surface area is 202 Å². The van der Waals surface area contributed by atoms with Gasteiger partial charge in [-0.2, -0.15) is 0 Å². The number of benzene rings is 2. The molecule has 172 valence electrons. The Balaban J connectivity index is 1.26. The minimum absolute atomic E-state index is 0.121. The van der Waals surface area contributed by atoms with Crippen LogP contribution in [0.25, 0.3) is 22.0 Å². The molecular formula is C27H25ClN4O2. The number of pyridine rings is 1. The van der Waals surface area contributed by atoms with Crippen LogP contribution in [-0.2, 0) is 0 Å². The zero-order valence-corrected chi connectivity index (χ0v) is 19.3. The first-order chi connectivity index (χ1) is 16.6. The van der Waals surface area contributed by atoms with Crippen LogP contribution in [0.3, 0.4) is 0 Å². The van der Waals surface area contributed by atoms with E-state index < -0.39 is 0 Å². The van der Waals surface area contributed by atoms with Crippen LogP contribution in [0.15, 0.2) is 73.1 Å². The maximum absolute atomic E-state index is 13.0. The monoisotopic (exact) mass is 472 g/mol. The number of nitrogens with zero attached hydrogens (tertiary/aromatic N) is 1. The van der Waals surface area contributed by atoms with Gasteiger partial charge >= 0.3 is 0 Å². The van der Waals surface area contributed by atoms with Crippen LogP contribution >= 0.6 is 11.6 Å². The Hall–Kier alpha value is -3.64. The molecule has 0 aliphatic heterocycles. The molecule has 0 unspecified atom stereocenters. The Kier molecular flexibility index (Phi) is 6.32. The van der Waals surface area contributed by atoms with Crippen molar-refractivity contribution in [3.05, 3.63) is 89.3 Å². The number of fused-ring (bicyclic) bond motifs is 1. The zero-order valence-electron chi connectivity index (χ0n) is 18.6. The van der Waals surface area contributed by atoms with Gasteiger partial charge in [0.25, 0.3) is 11.8 Å². The second-order valence-electron chi connectivity index (χ2n) is 8.67. The molecule has 6 nitrogen and oxygen atoms in total. The van der Waals surface area contributed by atoms with Crippen molar-refractivity contribution in [1.29, 1.82) is 0 Å². The molecule has 1 aliphatic rings. The first-order valence-corrected chi connectivity index (χ1v) is 11.8. The Morgan fingerprint density at radius 1 is 0.824 bits per heavy atom. The maximum Gasteiger partial charge on any atom is 0.268 e. The van der Waals surface area contributed by atoms with Crippen LogP contribution in [0, 0.1) is 0 Å². The molecule has 2 atom stereocenters. The number of H-pyrrole nitrogens is 1. The summed E-state index contributed by atoms with van der Waals surface area (Å²) in [6.07, 6.45) is 7.18. The summed E-state index contributed by atoms with van der Waals surface area (Å²) in [5, 5.41) is 7.79. The number of hydrogen-bond donors (Lipinski definition) is 3. The highest BCUT2D eigenvalue weighted by atomic mass is 35.5. The lowest BCUT2D eigenvalue weighted by atomic mass is 9.90. The van der Waals surface area contributed by atoms with Gasteiger partial charge in [-0.05, 0) is 72.5 Å². The van der Waals surface area contributed by atoms with Crippen molar-refractivity contribution in [1.82, 2.24) is 20.6 Å². The number of amides is 2. The Morgan fingerprint density at radius 2 is 1.47 bits per heavy atom. The van der Waals surface area contributed by atoms with Crippen molar-refractivity contribution < 1.29 is 9.59 Å². The lowest BCUT2D eigenvalue weighted by Gasteiger charge is -2.32. The molecule has 1 fully saturated rings. The van der Waals surface area contributed by atoms with E-state index in [-0.39, 0.29) is 23.9 Å². The highest BCUT2D eigenvalue weighted by Gasteiger charge is 2.28. The fourth-order valence-corrected chi connectivity index (χ4v) is 4.74. The molecule has 34 heavy (non-hydrogen) atoms. The van der Waals surface area contributed by atoms with Crippen molar-refractivity contribution in [2.24, 2.45) is 0 Å². The average Bonchev–Trinajstić information content (AvgIpc) is 3.29. The van der Waals surface area contributed by atoms with Gasteiger partial charge in [-0.25, -0.2) is 0 Å². The van der Waals surface area contributed by atoms with Crippen LogP contribution in [-0.4, -0.2) is 33.9 Å². The van der Waals surface area contributed by atoms with Crippen LogP contribution in [0.2, 0.25) is 5.02 Å². The molecule has 2 amide bonds. The quantitative estimate of drug-likeness (QED) is 0.365.